The normalized spacial score (nSPS) is 23.2. The van der Waals surface area contributed by atoms with Crippen molar-refractivity contribution in [1.82, 2.24) is 0 Å². The summed E-state index contributed by atoms with van der Waals surface area (Å²) in [5.41, 5.74) is 0.935. The number of hydrogen-bond donors (Lipinski definition) is 0. The van der Waals surface area contributed by atoms with E-state index in [-0.39, 0.29) is 16.7 Å². The Labute approximate surface area is 113 Å². The molecule has 0 aliphatic carbocycles. The van der Waals surface area contributed by atoms with Gasteiger partial charge in [-0.2, -0.15) is 0 Å². The van der Waals surface area contributed by atoms with E-state index in [9.17, 15) is 4.39 Å². The molecule has 2 nitrogen and oxygen atoms in total. The average molecular weight is 271 g/mol. The van der Waals surface area contributed by atoms with Crippen LogP contribution in [0.4, 0.5) is 4.39 Å². The summed E-state index contributed by atoms with van der Waals surface area (Å²) in [7, 11) is -0.693. The Morgan fingerprint density at radius 2 is 2.11 bits per heavy atom. The van der Waals surface area contributed by atoms with E-state index in [2.05, 4.69) is 0 Å². The van der Waals surface area contributed by atoms with Gasteiger partial charge in [0.2, 0.25) is 0 Å². The monoisotopic (exact) mass is 270 g/mol. The van der Waals surface area contributed by atoms with Crippen LogP contribution in [0.15, 0.2) is 12.1 Å². The molecule has 1 aliphatic heterocycles. The van der Waals surface area contributed by atoms with Crippen LogP contribution in [0.25, 0.3) is 0 Å². The van der Waals surface area contributed by atoms with Gasteiger partial charge in [0.05, 0.1) is 10.6 Å². The first kappa shape index (κ1) is 13.8. The van der Waals surface area contributed by atoms with Gasteiger partial charge in [-0.05, 0) is 45.7 Å². The van der Waals surface area contributed by atoms with Gasteiger partial charge in [0.25, 0.3) is 0 Å². The highest BCUT2D eigenvalue weighted by Gasteiger charge is 2.39. The fraction of sp³-hybridized carbons (Fsp3) is 0.538. The second-order valence-electron chi connectivity index (χ2n) is 5.51. The molecule has 18 heavy (non-hydrogen) atoms. The molecule has 0 radical (unpaired) electrons. The van der Waals surface area contributed by atoms with E-state index in [1.807, 2.05) is 27.7 Å². The number of aryl methyl sites for hydroxylation is 1. The zero-order valence-electron chi connectivity index (χ0n) is 11.1. The molecule has 0 N–H and O–H groups in total. The van der Waals surface area contributed by atoms with Crippen LogP contribution >= 0.6 is 11.6 Å². The summed E-state index contributed by atoms with van der Waals surface area (Å²) in [4.78, 5) is 0. The number of benzene rings is 1. The third kappa shape index (κ3) is 2.87. The molecule has 1 aromatic rings. The van der Waals surface area contributed by atoms with Crippen molar-refractivity contribution in [2.45, 2.75) is 45.8 Å². The zero-order chi connectivity index (χ0) is 13.5. The lowest BCUT2D eigenvalue weighted by molar-refractivity contribution is -0.0232. The van der Waals surface area contributed by atoms with Crippen LogP contribution < -0.4 is 5.46 Å². The van der Waals surface area contributed by atoms with Crippen LogP contribution in [0.1, 0.15) is 32.8 Å². The molecule has 1 heterocycles. The van der Waals surface area contributed by atoms with Crippen LogP contribution in [-0.2, 0) is 9.31 Å². The van der Waals surface area contributed by atoms with Gasteiger partial charge in [-0.3, -0.25) is 0 Å². The summed E-state index contributed by atoms with van der Waals surface area (Å²) in [6.45, 7) is 7.79. The highest BCUT2D eigenvalue weighted by atomic mass is 35.5. The summed E-state index contributed by atoms with van der Waals surface area (Å²) >= 11 is 5.86. The number of hydrogen-bond acceptors (Lipinski definition) is 2. The van der Waals surface area contributed by atoms with Crippen molar-refractivity contribution < 1.29 is 13.7 Å². The van der Waals surface area contributed by atoms with E-state index in [4.69, 9.17) is 20.9 Å². The Morgan fingerprint density at radius 1 is 1.44 bits per heavy atom. The molecule has 5 heteroatoms. The molecule has 1 saturated heterocycles. The van der Waals surface area contributed by atoms with Crippen molar-refractivity contribution in [3.63, 3.8) is 0 Å². The van der Waals surface area contributed by atoms with Crippen molar-refractivity contribution in [2.75, 3.05) is 0 Å². The van der Waals surface area contributed by atoms with Crippen LogP contribution in [0, 0.1) is 12.7 Å². The van der Waals surface area contributed by atoms with Gasteiger partial charge in [0, 0.05) is 11.6 Å². The van der Waals surface area contributed by atoms with Crippen molar-refractivity contribution in [3.05, 3.63) is 28.5 Å². The summed E-state index contributed by atoms with van der Waals surface area (Å²) in [6.07, 6.45) is 0.808. The first-order valence-electron chi connectivity index (χ1n) is 6.07. The minimum absolute atomic E-state index is 0.0254. The van der Waals surface area contributed by atoms with E-state index in [1.165, 1.54) is 0 Å². The molecule has 1 aromatic carbocycles. The largest absolute Gasteiger partial charge is 0.497 e. The average Bonchev–Trinajstić information content (AvgIpc) is 2.20. The van der Waals surface area contributed by atoms with E-state index in [0.717, 1.165) is 12.0 Å². The maximum Gasteiger partial charge on any atom is 0.497 e. The van der Waals surface area contributed by atoms with Crippen molar-refractivity contribution in [2.24, 2.45) is 0 Å². The molecule has 1 atom stereocenters. The third-order valence-electron chi connectivity index (χ3n) is 3.02. The lowest BCUT2D eigenvalue weighted by atomic mass is 9.74. The Kier molecular flexibility index (Phi) is 3.72. The molecular formula is C13H17BClFO2. The third-order valence-corrected chi connectivity index (χ3v) is 3.29. The van der Waals surface area contributed by atoms with Crippen molar-refractivity contribution in [1.29, 1.82) is 0 Å². The van der Waals surface area contributed by atoms with Gasteiger partial charge in [0.1, 0.15) is 5.82 Å². The fourth-order valence-electron chi connectivity index (χ4n) is 2.38. The van der Waals surface area contributed by atoms with Crippen LogP contribution in [-0.4, -0.2) is 18.8 Å². The predicted octanol–water partition coefficient (Wildman–Crippen LogP) is 3.09. The molecule has 1 unspecified atom stereocenters. The van der Waals surface area contributed by atoms with Crippen molar-refractivity contribution >= 4 is 24.2 Å². The summed E-state index contributed by atoms with van der Waals surface area (Å²) in [5, 5.41) is 0.105. The number of rotatable bonds is 1. The van der Waals surface area contributed by atoms with Crippen LogP contribution in [0.3, 0.4) is 0 Å². The SMILES string of the molecule is Cc1cc(Cl)c(F)c(B2OC(C)CC(C)(C)O2)c1. The Hall–Kier alpha value is -0.575. The Bertz CT molecular complexity index is 465. The second kappa shape index (κ2) is 4.84. The van der Waals surface area contributed by atoms with E-state index < -0.39 is 12.9 Å². The van der Waals surface area contributed by atoms with Gasteiger partial charge in [0.15, 0.2) is 0 Å². The number of halogens is 2. The molecule has 0 aromatic heterocycles. The first-order valence-corrected chi connectivity index (χ1v) is 6.45. The van der Waals surface area contributed by atoms with E-state index in [0.29, 0.717) is 5.46 Å². The van der Waals surface area contributed by atoms with Gasteiger partial charge in [-0.25, -0.2) is 4.39 Å². The first-order chi connectivity index (χ1) is 8.28. The predicted molar refractivity (Wildman–Crippen MR) is 71.9 cm³/mol. The Balaban J connectivity index is 2.36. The minimum atomic E-state index is -0.693. The standard InChI is InChI=1S/C13H17BClFO2/c1-8-5-10(12(16)11(15)6-8)14-17-9(2)7-13(3,4)18-14/h5-6,9H,7H2,1-4H3. The zero-order valence-corrected chi connectivity index (χ0v) is 11.8. The lowest BCUT2D eigenvalue weighted by Gasteiger charge is -2.38. The fourth-order valence-corrected chi connectivity index (χ4v) is 2.66. The summed E-state index contributed by atoms with van der Waals surface area (Å²) in [6, 6.07) is 3.32. The van der Waals surface area contributed by atoms with Gasteiger partial charge >= 0.3 is 7.12 Å². The van der Waals surface area contributed by atoms with E-state index >= 15 is 0 Å². The summed E-state index contributed by atoms with van der Waals surface area (Å²) < 4.78 is 25.5. The molecular weight excluding hydrogens is 253 g/mol. The molecule has 0 bridgehead atoms. The summed E-state index contributed by atoms with van der Waals surface area (Å²) in [5.74, 6) is -0.461. The quantitative estimate of drug-likeness (QED) is 0.730. The molecule has 2 rings (SSSR count). The topological polar surface area (TPSA) is 18.5 Å². The highest BCUT2D eigenvalue weighted by molar-refractivity contribution is 6.62. The van der Waals surface area contributed by atoms with Crippen molar-refractivity contribution in [3.8, 4) is 0 Å². The minimum Gasteiger partial charge on any atom is -0.405 e. The molecule has 1 aliphatic rings. The second-order valence-corrected chi connectivity index (χ2v) is 5.92. The van der Waals surface area contributed by atoms with Crippen LogP contribution in [0.5, 0.6) is 0 Å². The smallest absolute Gasteiger partial charge is 0.405 e. The van der Waals surface area contributed by atoms with Gasteiger partial charge in [-0.15, -0.1) is 0 Å². The molecule has 1 fully saturated rings. The molecule has 0 saturated carbocycles. The Morgan fingerprint density at radius 3 is 2.72 bits per heavy atom. The highest BCUT2D eigenvalue weighted by Crippen LogP contribution is 2.26. The molecule has 98 valence electrons. The molecule has 0 amide bonds. The van der Waals surface area contributed by atoms with Gasteiger partial charge < -0.3 is 9.31 Å². The van der Waals surface area contributed by atoms with Gasteiger partial charge in [-0.1, -0.05) is 17.7 Å². The van der Waals surface area contributed by atoms with E-state index in [1.54, 1.807) is 12.1 Å². The molecule has 0 spiro atoms. The maximum absolute atomic E-state index is 14.1. The van der Waals surface area contributed by atoms with Crippen LogP contribution in [0.2, 0.25) is 5.02 Å². The maximum atomic E-state index is 14.1. The lowest BCUT2D eigenvalue weighted by Crippen LogP contribution is -2.52.